The molecular formula is C18H23NO3S. The van der Waals surface area contributed by atoms with Gasteiger partial charge in [0.2, 0.25) is 10.0 Å². The molecule has 0 radical (unpaired) electrons. The molecule has 5 heteroatoms. The first kappa shape index (κ1) is 17.7. The van der Waals surface area contributed by atoms with Crippen LogP contribution in [0.3, 0.4) is 0 Å². The van der Waals surface area contributed by atoms with E-state index in [4.69, 9.17) is 0 Å². The van der Waals surface area contributed by atoms with Crippen molar-refractivity contribution >= 4 is 10.0 Å². The second kappa shape index (κ2) is 7.73. The molecule has 2 rings (SSSR count). The van der Waals surface area contributed by atoms with Crippen molar-refractivity contribution in [1.29, 1.82) is 0 Å². The molecule has 0 saturated heterocycles. The van der Waals surface area contributed by atoms with Crippen molar-refractivity contribution in [3.8, 4) is 0 Å². The van der Waals surface area contributed by atoms with Crippen molar-refractivity contribution in [2.45, 2.75) is 31.2 Å². The van der Waals surface area contributed by atoms with Gasteiger partial charge in [-0.05, 0) is 37.0 Å². The van der Waals surface area contributed by atoms with Gasteiger partial charge in [0.1, 0.15) is 0 Å². The van der Waals surface area contributed by atoms with Crippen molar-refractivity contribution in [2.75, 3.05) is 6.61 Å². The maximum absolute atomic E-state index is 12.6. The first-order chi connectivity index (χ1) is 10.9. The van der Waals surface area contributed by atoms with E-state index in [1.807, 2.05) is 44.2 Å². The van der Waals surface area contributed by atoms with Gasteiger partial charge in [-0.25, -0.2) is 13.1 Å². The number of aliphatic hydroxyl groups is 1. The molecule has 2 atom stereocenters. The lowest BCUT2D eigenvalue weighted by Crippen LogP contribution is -2.42. The largest absolute Gasteiger partial charge is 0.396 e. The number of aryl methyl sites for hydroxylation is 1. The third-order valence-corrected chi connectivity index (χ3v) is 5.42. The molecular weight excluding hydrogens is 310 g/mol. The highest BCUT2D eigenvalue weighted by atomic mass is 32.2. The van der Waals surface area contributed by atoms with Gasteiger partial charge in [-0.3, -0.25) is 0 Å². The molecule has 0 aliphatic carbocycles. The van der Waals surface area contributed by atoms with Crippen molar-refractivity contribution < 1.29 is 13.5 Å². The molecule has 2 aromatic rings. The zero-order chi connectivity index (χ0) is 16.9. The van der Waals surface area contributed by atoms with E-state index in [1.54, 1.807) is 24.3 Å². The number of nitrogens with one attached hydrogen (secondary N) is 1. The Kier molecular flexibility index (Phi) is 5.93. The van der Waals surface area contributed by atoms with Crippen LogP contribution in [0.4, 0.5) is 0 Å². The van der Waals surface area contributed by atoms with Gasteiger partial charge < -0.3 is 5.11 Å². The fraction of sp³-hybridized carbons (Fsp3) is 0.333. The molecule has 2 aromatic carbocycles. The first-order valence-electron chi connectivity index (χ1n) is 7.66. The summed E-state index contributed by atoms with van der Waals surface area (Å²) in [6.07, 6.45) is 0.535. The summed E-state index contributed by atoms with van der Waals surface area (Å²) in [6, 6.07) is 16.1. The van der Waals surface area contributed by atoms with Gasteiger partial charge in [0.15, 0.2) is 0 Å². The molecule has 0 fully saturated rings. The summed E-state index contributed by atoms with van der Waals surface area (Å²) in [7, 11) is -3.61. The van der Waals surface area contributed by atoms with Gasteiger partial charge >= 0.3 is 0 Å². The summed E-state index contributed by atoms with van der Waals surface area (Å²) in [5.74, 6) is -0.185. The SMILES string of the molecule is Cc1ccc(S(=O)(=O)N[C@H](Cc2ccccc2)[C@@H](C)CO)cc1. The van der Waals surface area contributed by atoms with E-state index in [0.29, 0.717) is 6.42 Å². The van der Waals surface area contributed by atoms with Gasteiger partial charge in [-0.2, -0.15) is 0 Å². The van der Waals surface area contributed by atoms with E-state index in [-0.39, 0.29) is 23.5 Å². The summed E-state index contributed by atoms with van der Waals surface area (Å²) >= 11 is 0. The first-order valence-corrected chi connectivity index (χ1v) is 9.14. The maximum Gasteiger partial charge on any atom is 0.240 e. The highest BCUT2D eigenvalue weighted by molar-refractivity contribution is 7.89. The summed E-state index contributed by atoms with van der Waals surface area (Å²) in [5, 5.41) is 9.45. The molecule has 0 bridgehead atoms. The van der Waals surface area contributed by atoms with E-state index in [9.17, 15) is 13.5 Å². The normalized spacial score (nSPS) is 14.4. The van der Waals surface area contributed by atoms with Crippen LogP contribution in [0.5, 0.6) is 0 Å². The third kappa shape index (κ3) is 4.89. The Labute approximate surface area is 138 Å². The second-order valence-corrected chi connectivity index (χ2v) is 7.60. The summed E-state index contributed by atoms with van der Waals surface area (Å²) in [5.41, 5.74) is 2.04. The molecule has 124 valence electrons. The predicted octanol–water partition coefficient (Wildman–Crippen LogP) is 2.51. The number of hydrogen-bond donors (Lipinski definition) is 2. The Morgan fingerprint density at radius 1 is 1.04 bits per heavy atom. The number of rotatable bonds is 7. The van der Waals surface area contributed by atoms with Crippen molar-refractivity contribution in [1.82, 2.24) is 4.72 Å². The van der Waals surface area contributed by atoms with E-state index >= 15 is 0 Å². The van der Waals surface area contributed by atoms with Crippen molar-refractivity contribution in [2.24, 2.45) is 5.92 Å². The average Bonchev–Trinajstić information content (AvgIpc) is 2.54. The Balaban J connectivity index is 2.21. The monoisotopic (exact) mass is 333 g/mol. The van der Waals surface area contributed by atoms with Crippen LogP contribution in [0, 0.1) is 12.8 Å². The molecule has 0 unspecified atom stereocenters. The van der Waals surface area contributed by atoms with Crippen molar-refractivity contribution in [3.05, 3.63) is 65.7 Å². The fourth-order valence-electron chi connectivity index (χ4n) is 2.34. The molecule has 0 amide bonds. The number of aliphatic hydroxyl groups excluding tert-OH is 1. The Hall–Kier alpha value is -1.69. The van der Waals surface area contributed by atoms with E-state index in [0.717, 1.165) is 11.1 Å². The van der Waals surface area contributed by atoms with Crippen molar-refractivity contribution in [3.63, 3.8) is 0 Å². The third-order valence-electron chi connectivity index (χ3n) is 3.91. The molecule has 0 aromatic heterocycles. The van der Waals surface area contributed by atoms with Gasteiger partial charge in [0, 0.05) is 12.6 Å². The summed E-state index contributed by atoms with van der Waals surface area (Å²) in [4.78, 5) is 0.242. The van der Waals surface area contributed by atoms with Gasteiger partial charge in [0.05, 0.1) is 4.90 Å². The van der Waals surface area contributed by atoms with Crippen LogP contribution in [-0.4, -0.2) is 26.2 Å². The summed E-state index contributed by atoms with van der Waals surface area (Å²) < 4.78 is 27.9. The molecule has 4 nitrogen and oxygen atoms in total. The Morgan fingerprint density at radius 2 is 1.65 bits per heavy atom. The lowest BCUT2D eigenvalue weighted by molar-refractivity contribution is 0.210. The van der Waals surface area contributed by atoms with Gasteiger partial charge in [-0.15, -0.1) is 0 Å². The van der Waals surface area contributed by atoms with Gasteiger partial charge in [0.25, 0.3) is 0 Å². The predicted molar refractivity (Wildman–Crippen MR) is 91.7 cm³/mol. The molecule has 2 N–H and O–H groups in total. The zero-order valence-electron chi connectivity index (χ0n) is 13.4. The van der Waals surface area contributed by atoms with Crippen LogP contribution in [-0.2, 0) is 16.4 Å². The molecule has 0 spiro atoms. The lowest BCUT2D eigenvalue weighted by Gasteiger charge is -2.24. The number of sulfonamides is 1. The van der Waals surface area contributed by atoms with Crippen LogP contribution < -0.4 is 4.72 Å². The second-order valence-electron chi connectivity index (χ2n) is 5.89. The average molecular weight is 333 g/mol. The topological polar surface area (TPSA) is 66.4 Å². The highest BCUT2D eigenvalue weighted by Crippen LogP contribution is 2.16. The smallest absolute Gasteiger partial charge is 0.240 e. The van der Waals surface area contributed by atoms with Gasteiger partial charge in [-0.1, -0.05) is 55.0 Å². The lowest BCUT2D eigenvalue weighted by atomic mass is 9.96. The zero-order valence-corrected chi connectivity index (χ0v) is 14.3. The van der Waals surface area contributed by atoms with Crippen LogP contribution in [0.25, 0.3) is 0 Å². The Morgan fingerprint density at radius 3 is 2.22 bits per heavy atom. The number of benzene rings is 2. The molecule has 0 aliphatic heterocycles. The standard InChI is InChI=1S/C18H23NO3S/c1-14-8-10-17(11-9-14)23(21,22)19-18(15(2)13-20)12-16-6-4-3-5-7-16/h3-11,15,18-20H,12-13H2,1-2H3/t15-,18+/m0/s1. The minimum absolute atomic E-state index is 0.0755. The van der Waals surface area contributed by atoms with Crippen LogP contribution >= 0.6 is 0 Å². The number of hydrogen-bond acceptors (Lipinski definition) is 3. The van der Waals surface area contributed by atoms with E-state index in [1.165, 1.54) is 0 Å². The quantitative estimate of drug-likeness (QED) is 0.818. The summed E-state index contributed by atoms with van der Waals surface area (Å²) in [6.45, 7) is 3.68. The Bertz CT molecular complexity index is 712. The molecule has 0 aliphatic rings. The van der Waals surface area contributed by atoms with Crippen LogP contribution in [0.1, 0.15) is 18.1 Å². The fourth-order valence-corrected chi connectivity index (χ4v) is 3.68. The van der Waals surface area contributed by atoms with Crippen LogP contribution in [0.2, 0.25) is 0 Å². The molecule has 0 saturated carbocycles. The minimum atomic E-state index is -3.61. The highest BCUT2D eigenvalue weighted by Gasteiger charge is 2.24. The molecule has 0 heterocycles. The van der Waals surface area contributed by atoms with E-state index in [2.05, 4.69) is 4.72 Å². The minimum Gasteiger partial charge on any atom is -0.396 e. The van der Waals surface area contributed by atoms with E-state index < -0.39 is 10.0 Å². The molecule has 23 heavy (non-hydrogen) atoms. The van der Waals surface area contributed by atoms with Crippen LogP contribution in [0.15, 0.2) is 59.5 Å². The maximum atomic E-state index is 12.6.